The number of nitrogens with zero attached hydrogens (tertiary/aromatic N) is 2. The van der Waals surface area contributed by atoms with E-state index in [1.54, 1.807) is 0 Å². The average molecular weight is 955 g/mol. The SMILES string of the molecule is c1ccc([Si]2(c3ccccc3)c3ccccc3N(c3cccc(-c4ccc5sc6ccc(N7c8ccccc8[Si](c8ccccc8)(c8ccccc8)c8ccccc87)cc6c5c4)c3)c3ccccc32)cc1. The van der Waals surface area contributed by atoms with Crippen LogP contribution in [0.25, 0.3) is 31.3 Å². The Morgan fingerprint density at radius 3 is 1.01 bits per heavy atom. The lowest BCUT2D eigenvalue weighted by atomic mass is 10.0. The molecule has 1 aromatic heterocycles. The molecule has 0 aliphatic carbocycles. The van der Waals surface area contributed by atoms with E-state index in [9.17, 15) is 0 Å². The number of thiophene rings is 1. The highest BCUT2D eigenvalue weighted by molar-refractivity contribution is 7.26. The Balaban J connectivity index is 0.903. The summed E-state index contributed by atoms with van der Waals surface area (Å²) in [6, 6.07) is 105. The van der Waals surface area contributed by atoms with E-state index in [0.29, 0.717) is 0 Å². The van der Waals surface area contributed by atoms with Gasteiger partial charge in [0.1, 0.15) is 0 Å². The third-order valence-electron chi connectivity index (χ3n) is 15.2. The van der Waals surface area contributed by atoms with Crippen molar-refractivity contribution in [2.45, 2.75) is 0 Å². The second kappa shape index (κ2) is 16.7. The first kappa shape index (κ1) is 41.6. The number of hydrogen-bond acceptors (Lipinski definition) is 3. The molecular formula is C66H46N2SSi2. The van der Waals surface area contributed by atoms with Gasteiger partial charge in [-0.1, -0.05) is 212 Å². The van der Waals surface area contributed by atoms with Gasteiger partial charge in [0.15, 0.2) is 16.1 Å². The topological polar surface area (TPSA) is 6.48 Å². The Bertz CT molecular complexity index is 3790. The van der Waals surface area contributed by atoms with E-state index < -0.39 is 16.1 Å². The molecular weight excluding hydrogens is 909 g/mol. The monoisotopic (exact) mass is 954 g/mol. The van der Waals surface area contributed by atoms with Gasteiger partial charge in [-0.15, -0.1) is 11.3 Å². The van der Waals surface area contributed by atoms with E-state index in [2.05, 4.69) is 289 Å². The molecule has 0 bridgehead atoms. The fourth-order valence-corrected chi connectivity index (χ4v) is 23.6. The average Bonchev–Trinajstić information content (AvgIpc) is 3.82. The van der Waals surface area contributed by atoms with Crippen LogP contribution in [0.4, 0.5) is 34.1 Å². The van der Waals surface area contributed by atoms with Crippen molar-refractivity contribution in [2.75, 3.05) is 9.80 Å². The van der Waals surface area contributed by atoms with Gasteiger partial charge >= 0.3 is 0 Å². The maximum Gasteiger partial charge on any atom is 0.184 e. The van der Waals surface area contributed by atoms with Crippen molar-refractivity contribution in [1.82, 2.24) is 0 Å². The van der Waals surface area contributed by atoms with Gasteiger partial charge in [0.25, 0.3) is 0 Å². The molecule has 71 heavy (non-hydrogen) atoms. The summed E-state index contributed by atoms with van der Waals surface area (Å²) in [6.45, 7) is 0. The predicted molar refractivity (Wildman–Crippen MR) is 308 cm³/mol. The zero-order valence-corrected chi connectivity index (χ0v) is 41.7. The molecule has 0 amide bonds. The van der Waals surface area contributed by atoms with Crippen LogP contribution in [0.3, 0.4) is 0 Å². The third-order valence-corrected chi connectivity index (χ3v) is 26.0. The smallest absolute Gasteiger partial charge is 0.184 e. The lowest BCUT2D eigenvalue weighted by Gasteiger charge is -2.45. The molecule has 2 aliphatic heterocycles. The first-order valence-electron chi connectivity index (χ1n) is 24.5. The van der Waals surface area contributed by atoms with Crippen molar-refractivity contribution >= 4 is 123 Å². The number of rotatable bonds is 7. The molecule has 0 saturated carbocycles. The van der Waals surface area contributed by atoms with E-state index in [-0.39, 0.29) is 0 Å². The Kier molecular flexibility index (Phi) is 9.78. The highest BCUT2D eigenvalue weighted by atomic mass is 32.1. The van der Waals surface area contributed by atoms with Crippen LogP contribution in [-0.2, 0) is 0 Å². The molecule has 0 radical (unpaired) electrons. The van der Waals surface area contributed by atoms with Crippen LogP contribution in [0.2, 0.25) is 0 Å². The lowest BCUT2D eigenvalue weighted by Crippen LogP contribution is -2.77. The summed E-state index contributed by atoms with van der Waals surface area (Å²) in [7, 11) is -5.43. The van der Waals surface area contributed by atoms with Gasteiger partial charge in [-0.05, 0) is 119 Å². The Hall–Kier alpha value is -8.33. The van der Waals surface area contributed by atoms with Gasteiger partial charge in [0.2, 0.25) is 0 Å². The summed E-state index contributed by atoms with van der Waals surface area (Å²) in [5.74, 6) is 0. The van der Waals surface area contributed by atoms with Crippen LogP contribution in [0.1, 0.15) is 0 Å². The van der Waals surface area contributed by atoms with Gasteiger partial charge in [0.05, 0.1) is 0 Å². The van der Waals surface area contributed by atoms with E-state index in [4.69, 9.17) is 0 Å². The first-order valence-corrected chi connectivity index (χ1v) is 29.3. The molecule has 0 atom stereocenters. The van der Waals surface area contributed by atoms with Crippen molar-refractivity contribution in [2.24, 2.45) is 0 Å². The molecule has 0 unspecified atom stereocenters. The Labute approximate surface area is 420 Å². The Morgan fingerprint density at radius 2 is 0.592 bits per heavy atom. The van der Waals surface area contributed by atoms with E-state index in [1.807, 2.05) is 11.3 Å². The second-order valence-electron chi connectivity index (χ2n) is 18.7. The minimum absolute atomic E-state index is 1.15. The van der Waals surface area contributed by atoms with Crippen LogP contribution >= 0.6 is 11.3 Å². The number of para-hydroxylation sites is 4. The summed E-state index contributed by atoms with van der Waals surface area (Å²) < 4.78 is 2.58. The van der Waals surface area contributed by atoms with Gasteiger partial charge < -0.3 is 9.80 Å². The van der Waals surface area contributed by atoms with Gasteiger partial charge in [-0.3, -0.25) is 0 Å². The molecule has 12 aromatic rings. The minimum Gasteiger partial charge on any atom is -0.311 e. The van der Waals surface area contributed by atoms with E-state index in [0.717, 1.165) is 5.69 Å². The normalized spacial score (nSPS) is 14.1. The maximum absolute atomic E-state index is 2.72. The van der Waals surface area contributed by atoms with E-state index >= 15 is 0 Å². The van der Waals surface area contributed by atoms with Gasteiger partial charge in [-0.2, -0.15) is 0 Å². The molecule has 0 saturated heterocycles. The van der Waals surface area contributed by atoms with Crippen LogP contribution in [0, 0.1) is 0 Å². The van der Waals surface area contributed by atoms with Crippen molar-refractivity contribution in [3.05, 3.63) is 279 Å². The molecule has 5 heteroatoms. The van der Waals surface area contributed by atoms with E-state index in [1.165, 1.54) is 101 Å². The summed E-state index contributed by atoms with van der Waals surface area (Å²) in [4.78, 5) is 5.04. The molecule has 3 heterocycles. The minimum atomic E-state index is -2.72. The molecule has 11 aromatic carbocycles. The zero-order valence-electron chi connectivity index (χ0n) is 38.9. The van der Waals surface area contributed by atoms with Gasteiger partial charge in [0, 0.05) is 54.3 Å². The van der Waals surface area contributed by atoms with Crippen molar-refractivity contribution < 1.29 is 0 Å². The number of fused-ring (bicyclic) bond motifs is 7. The predicted octanol–water partition coefficient (Wildman–Crippen LogP) is 12.0. The molecule has 14 rings (SSSR count). The summed E-state index contributed by atoms with van der Waals surface area (Å²) in [6.07, 6.45) is 0. The highest BCUT2D eigenvalue weighted by Crippen LogP contribution is 2.44. The molecule has 2 nitrogen and oxygen atoms in total. The van der Waals surface area contributed by atoms with Gasteiger partial charge in [-0.25, -0.2) is 0 Å². The first-order chi connectivity index (χ1) is 35.2. The lowest BCUT2D eigenvalue weighted by molar-refractivity contribution is 1.29. The fourth-order valence-electron chi connectivity index (χ4n) is 12.3. The molecule has 334 valence electrons. The van der Waals surface area contributed by atoms with Crippen LogP contribution < -0.4 is 51.3 Å². The van der Waals surface area contributed by atoms with Crippen LogP contribution in [0.15, 0.2) is 279 Å². The summed E-state index contributed by atoms with van der Waals surface area (Å²) in [5, 5.41) is 13.7. The van der Waals surface area contributed by atoms with Crippen LogP contribution in [0.5, 0.6) is 0 Å². The zero-order chi connectivity index (χ0) is 46.9. The molecule has 2 aliphatic rings. The summed E-state index contributed by atoms with van der Waals surface area (Å²) >= 11 is 1.88. The summed E-state index contributed by atoms with van der Waals surface area (Å²) in [5.41, 5.74) is 9.68. The largest absolute Gasteiger partial charge is 0.311 e. The maximum atomic E-state index is 2.53. The Morgan fingerprint density at radius 1 is 0.254 bits per heavy atom. The van der Waals surface area contributed by atoms with Crippen molar-refractivity contribution in [1.29, 1.82) is 0 Å². The molecule has 0 N–H and O–H groups in total. The quantitative estimate of drug-likeness (QED) is 0.147. The number of benzene rings is 11. The third kappa shape index (κ3) is 6.24. The number of anilines is 6. The fraction of sp³-hybridized carbons (Fsp3) is 0. The second-order valence-corrected chi connectivity index (χ2v) is 27.3. The van der Waals surface area contributed by atoms with Crippen molar-refractivity contribution in [3.63, 3.8) is 0 Å². The molecule has 0 fully saturated rings. The van der Waals surface area contributed by atoms with Crippen molar-refractivity contribution in [3.8, 4) is 11.1 Å². The standard InChI is InChI=1S/C66H46N2SSi2/c1-5-24-51(25-6-1)70(52-26-7-2-8-27-52)63-36-17-13-32-57(63)67(58-33-14-18-37-64(58)70)49-23-21-22-47(44-49)48-40-42-61-55(45-48)56-46-50(41-43-62(56)69-61)68-59-34-15-19-38-65(59)71(53-28-9-3-10-29-53,54-30-11-4-12-31-54)66-39-20-16-35-60(66)68/h1-46H. The highest BCUT2D eigenvalue weighted by Gasteiger charge is 2.50. The van der Waals surface area contributed by atoms with Crippen LogP contribution in [-0.4, -0.2) is 16.1 Å². The molecule has 0 spiro atoms. The number of hydrogen-bond donors (Lipinski definition) is 0.